The van der Waals surface area contributed by atoms with E-state index in [2.05, 4.69) is 230 Å². The average molecular weight is 865 g/mol. The molecule has 0 bridgehead atoms. The van der Waals surface area contributed by atoms with E-state index in [-0.39, 0.29) is 21.7 Å². The molecule has 0 fully saturated rings. The lowest BCUT2D eigenvalue weighted by Gasteiger charge is -2.30. The monoisotopic (exact) mass is 864 g/mol. The van der Waals surface area contributed by atoms with E-state index in [0.717, 1.165) is 22.5 Å². The number of anilines is 3. The van der Waals surface area contributed by atoms with Crippen LogP contribution in [0.15, 0.2) is 170 Å². The topological polar surface area (TPSA) is 41.9 Å². The minimum absolute atomic E-state index is 0.124. The quantitative estimate of drug-likeness (QED) is 0.173. The van der Waals surface area contributed by atoms with Gasteiger partial charge in [0.2, 0.25) is 5.95 Å². The van der Waals surface area contributed by atoms with E-state index in [0.29, 0.717) is 17.6 Å². The van der Waals surface area contributed by atoms with Crippen molar-refractivity contribution in [2.75, 3.05) is 4.90 Å². The highest BCUT2D eigenvalue weighted by molar-refractivity contribution is 6.00. The second-order valence-electron chi connectivity index (χ2n) is 21.2. The molecule has 4 heteroatoms. The van der Waals surface area contributed by atoms with Gasteiger partial charge in [0.15, 0.2) is 11.6 Å². The Morgan fingerprint density at radius 3 is 1.21 bits per heavy atom. The summed E-state index contributed by atoms with van der Waals surface area (Å²) in [4.78, 5) is 19.2. The van der Waals surface area contributed by atoms with Crippen LogP contribution in [-0.2, 0) is 21.7 Å². The summed E-state index contributed by atoms with van der Waals surface area (Å²) in [6, 6.07) is 62.8. The molecule has 0 N–H and O–H groups in total. The third-order valence-electron chi connectivity index (χ3n) is 16.2. The first-order valence-corrected chi connectivity index (χ1v) is 23.8. The number of benzene rings is 8. The Kier molecular flexibility index (Phi) is 8.08. The first-order valence-electron chi connectivity index (χ1n) is 23.8. The number of nitrogens with zero attached hydrogens (tertiary/aromatic N) is 4. The standard InChI is InChI=1S/C63H52N4/c1-60(2)46-24-14-10-20-40(46)44-35-37(32-34-49(44)60)57-64-58(38-31-33-41-39-19-9-13-23-45(39)63(7,8)52(41)36-38)66-59(65-57)67(53-29-17-27-50-55(53)42-21-11-15-25-47(42)61(50,3)4)54-30-18-28-51-56(54)43-22-12-16-26-48(43)62(51,5)6/h9-36H,1-8H3. The van der Waals surface area contributed by atoms with Crippen LogP contribution in [0.2, 0.25) is 0 Å². The molecule has 0 atom stereocenters. The van der Waals surface area contributed by atoms with Crippen LogP contribution >= 0.6 is 0 Å². The Morgan fingerprint density at radius 1 is 0.299 bits per heavy atom. The van der Waals surface area contributed by atoms with Gasteiger partial charge in [0, 0.05) is 43.9 Å². The molecule has 0 amide bonds. The Morgan fingerprint density at radius 2 is 0.672 bits per heavy atom. The van der Waals surface area contributed by atoms with Crippen molar-refractivity contribution in [3.63, 3.8) is 0 Å². The van der Waals surface area contributed by atoms with E-state index in [1.165, 1.54) is 89.0 Å². The van der Waals surface area contributed by atoms with Crippen LogP contribution in [-0.4, -0.2) is 15.0 Å². The Hall–Kier alpha value is -7.43. The second-order valence-corrected chi connectivity index (χ2v) is 21.2. The lowest BCUT2D eigenvalue weighted by molar-refractivity contribution is 0.660. The predicted molar refractivity (Wildman–Crippen MR) is 276 cm³/mol. The predicted octanol–water partition coefficient (Wildman–Crippen LogP) is 15.9. The van der Waals surface area contributed by atoms with E-state index >= 15 is 0 Å². The van der Waals surface area contributed by atoms with Gasteiger partial charge in [-0.1, -0.05) is 201 Å². The van der Waals surface area contributed by atoms with Crippen LogP contribution in [0.3, 0.4) is 0 Å². The smallest absolute Gasteiger partial charge is 0.238 e. The molecule has 67 heavy (non-hydrogen) atoms. The molecule has 0 saturated carbocycles. The van der Waals surface area contributed by atoms with Gasteiger partial charge in [-0.05, 0) is 102 Å². The SMILES string of the molecule is CC1(C)c2ccccc2-c2cc(-c3nc(-c4ccc5c(c4)C(C)(C)c4ccccc4-5)nc(N(c4cccc5c4-c4ccccc4C5(C)C)c4cccc5c4-c4ccccc4C5(C)C)n3)ccc21. The van der Waals surface area contributed by atoms with Crippen molar-refractivity contribution < 1.29 is 0 Å². The molecule has 13 rings (SSSR count). The summed E-state index contributed by atoms with van der Waals surface area (Å²) in [5.41, 5.74) is 23.7. The van der Waals surface area contributed by atoms with Crippen LogP contribution in [0, 0.1) is 0 Å². The van der Waals surface area contributed by atoms with Crippen molar-refractivity contribution in [2.45, 2.75) is 77.0 Å². The summed E-state index contributed by atoms with van der Waals surface area (Å²) in [5.74, 6) is 1.86. The molecule has 0 radical (unpaired) electrons. The fourth-order valence-corrected chi connectivity index (χ4v) is 12.6. The van der Waals surface area contributed by atoms with Crippen molar-refractivity contribution in [1.29, 1.82) is 0 Å². The summed E-state index contributed by atoms with van der Waals surface area (Å²) < 4.78 is 0. The summed E-state index contributed by atoms with van der Waals surface area (Å²) in [7, 11) is 0. The van der Waals surface area contributed by atoms with Crippen LogP contribution < -0.4 is 4.90 Å². The summed E-state index contributed by atoms with van der Waals surface area (Å²) in [6.07, 6.45) is 0. The van der Waals surface area contributed by atoms with E-state index in [1.54, 1.807) is 0 Å². The highest BCUT2D eigenvalue weighted by Crippen LogP contribution is 2.58. The van der Waals surface area contributed by atoms with E-state index in [1.807, 2.05) is 0 Å². The maximum Gasteiger partial charge on any atom is 0.238 e. The zero-order chi connectivity index (χ0) is 45.8. The molecule has 0 saturated heterocycles. The van der Waals surface area contributed by atoms with Crippen molar-refractivity contribution in [3.05, 3.63) is 214 Å². The molecule has 0 aliphatic heterocycles. The van der Waals surface area contributed by atoms with Crippen molar-refractivity contribution >= 4 is 17.3 Å². The molecule has 9 aromatic rings. The van der Waals surface area contributed by atoms with Crippen LogP contribution in [0.5, 0.6) is 0 Å². The Labute approximate surface area is 394 Å². The summed E-state index contributed by atoms with van der Waals surface area (Å²) in [6.45, 7) is 18.7. The molecule has 1 aromatic heterocycles. The molecule has 0 unspecified atom stereocenters. The minimum Gasteiger partial charge on any atom is -0.278 e. The second kappa shape index (κ2) is 13.6. The van der Waals surface area contributed by atoms with Crippen molar-refractivity contribution in [3.8, 4) is 67.3 Å². The van der Waals surface area contributed by atoms with Gasteiger partial charge in [-0.15, -0.1) is 0 Å². The maximum absolute atomic E-state index is 5.68. The molecule has 8 aromatic carbocycles. The van der Waals surface area contributed by atoms with E-state index in [9.17, 15) is 0 Å². The highest BCUT2D eigenvalue weighted by atomic mass is 15.3. The first-order chi connectivity index (χ1) is 32.3. The number of hydrogen-bond donors (Lipinski definition) is 0. The van der Waals surface area contributed by atoms with Gasteiger partial charge in [-0.25, -0.2) is 4.98 Å². The third kappa shape index (κ3) is 5.38. The molecule has 4 nitrogen and oxygen atoms in total. The molecular weight excluding hydrogens is 813 g/mol. The van der Waals surface area contributed by atoms with Gasteiger partial charge in [0.05, 0.1) is 11.4 Å². The highest BCUT2D eigenvalue weighted by Gasteiger charge is 2.42. The van der Waals surface area contributed by atoms with Gasteiger partial charge in [0.25, 0.3) is 0 Å². The van der Waals surface area contributed by atoms with Crippen LogP contribution in [0.4, 0.5) is 17.3 Å². The molecule has 1 heterocycles. The summed E-state index contributed by atoms with van der Waals surface area (Å²) in [5, 5.41) is 0. The third-order valence-corrected chi connectivity index (χ3v) is 16.2. The molecule has 324 valence electrons. The largest absolute Gasteiger partial charge is 0.278 e. The fourth-order valence-electron chi connectivity index (χ4n) is 12.6. The molecule has 0 spiro atoms. The first kappa shape index (κ1) is 39.9. The zero-order valence-electron chi connectivity index (χ0n) is 39.5. The average Bonchev–Trinajstić information content (AvgIpc) is 3.92. The molecular formula is C63H52N4. The zero-order valence-corrected chi connectivity index (χ0v) is 39.5. The minimum atomic E-state index is -0.209. The summed E-state index contributed by atoms with van der Waals surface area (Å²) >= 11 is 0. The van der Waals surface area contributed by atoms with Gasteiger partial charge >= 0.3 is 0 Å². The van der Waals surface area contributed by atoms with Gasteiger partial charge in [-0.3, -0.25) is 4.90 Å². The maximum atomic E-state index is 5.68. The van der Waals surface area contributed by atoms with E-state index in [4.69, 9.17) is 15.0 Å². The normalized spacial score (nSPS) is 16.2. The lowest BCUT2D eigenvalue weighted by Crippen LogP contribution is -2.19. The van der Waals surface area contributed by atoms with Gasteiger partial charge < -0.3 is 0 Å². The molecule has 4 aliphatic rings. The Balaban J connectivity index is 1.11. The van der Waals surface area contributed by atoms with Crippen LogP contribution in [0.25, 0.3) is 67.3 Å². The number of aromatic nitrogens is 3. The number of fused-ring (bicyclic) bond motifs is 12. The lowest BCUT2D eigenvalue weighted by atomic mass is 9.82. The Bertz CT molecular complexity index is 3500. The fraction of sp³-hybridized carbons (Fsp3) is 0.190. The van der Waals surface area contributed by atoms with Crippen molar-refractivity contribution in [2.24, 2.45) is 0 Å². The number of hydrogen-bond acceptors (Lipinski definition) is 4. The molecule has 4 aliphatic carbocycles. The van der Waals surface area contributed by atoms with Gasteiger partial charge in [0.1, 0.15) is 0 Å². The van der Waals surface area contributed by atoms with Crippen LogP contribution in [0.1, 0.15) is 99.9 Å². The number of rotatable bonds is 5. The van der Waals surface area contributed by atoms with E-state index < -0.39 is 0 Å². The van der Waals surface area contributed by atoms with Gasteiger partial charge in [-0.2, -0.15) is 9.97 Å². The van der Waals surface area contributed by atoms with Crippen molar-refractivity contribution in [1.82, 2.24) is 15.0 Å².